The molecule has 15 heavy (non-hydrogen) atoms. The van der Waals surface area contributed by atoms with Gasteiger partial charge in [-0.3, -0.25) is 4.79 Å². The van der Waals surface area contributed by atoms with E-state index in [4.69, 9.17) is 0 Å². The molecule has 1 saturated carbocycles. The number of hydrogen-bond acceptors (Lipinski definition) is 3. The maximum absolute atomic E-state index is 11.3. The first-order valence-corrected chi connectivity index (χ1v) is 5.88. The van der Waals surface area contributed by atoms with Crippen molar-refractivity contribution >= 4 is 17.7 Å². The summed E-state index contributed by atoms with van der Waals surface area (Å²) in [5.74, 6) is -0.698. The Morgan fingerprint density at radius 3 is 2.67 bits per heavy atom. The predicted molar refractivity (Wildman–Crippen MR) is 58.9 cm³/mol. The maximum Gasteiger partial charge on any atom is 0.320 e. The van der Waals surface area contributed by atoms with E-state index in [1.807, 2.05) is 18.2 Å². The summed E-state index contributed by atoms with van der Waals surface area (Å²) in [5, 5.41) is 10.1. The molecule has 1 heterocycles. The van der Waals surface area contributed by atoms with Gasteiger partial charge in [-0.05, 0) is 25.0 Å². The topological polar surface area (TPSA) is 50.2 Å². The third-order valence-corrected chi connectivity index (χ3v) is 4.16. The standard InChI is InChI=1S/C11H13NO2S/c13-10(14)11(6-2-3-7-11)15-9-5-1-4-8-12-9/h1,4-5,8H,2-3,6-7H2,(H,13,14). The fourth-order valence-electron chi connectivity index (χ4n) is 1.91. The first kappa shape index (κ1) is 10.5. The Morgan fingerprint density at radius 1 is 1.40 bits per heavy atom. The molecule has 0 aliphatic heterocycles. The van der Waals surface area contributed by atoms with Gasteiger partial charge in [0.2, 0.25) is 0 Å². The Bertz CT molecular complexity index is 347. The van der Waals surface area contributed by atoms with Crippen LogP contribution in [0, 0.1) is 0 Å². The molecule has 4 heteroatoms. The van der Waals surface area contributed by atoms with Crippen molar-refractivity contribution in [3.05, 3.63) is 24.4 Å². The fraction of sp³-hybridized carbons (Fsp3) is 0.455. The summed E-state index contributed by atoms with van der Waals surface area (Å²) in [5.41, 5.74) is 0. The lowest BCUT2D eigenvalue weighted by molar-refractivity contribution is -0.139. The van der Waals surface area contributed by atoms with Crippen molar-refractivity contribution < 1.29 is 9.90 Å². The zero-order chi connectivity index (χ0) is 10.7. The molecule has 0 saturated heterocycles. The lowest BCUT2D eigenvalue weighted by Crippen LogP contribution is -2.31. The number of hydrogen-bond donors (Lipinski definition) is 1. The van der Waals surface area contributed by atoms with E-state index in [0.717, 1.165) is 30.7 Å². The van der Waals surface area contributed by atoms with Gasteiger partial charge in [0.15, 0.2) is 0 Å². The molecular formula is C11H13NO2S. The van der Waals surface area contributed by atoms with Crippen LogP contribution in [0.3, 0.4) is 0 Å². The van der Waals surface area contributed by atoms with Crippen molar-refractivity contribution in [1.29, 1.82) is 0 Å². The third kappa shape index (κ3) is 2.15. The SMILES string of the molecule is O=C(O)C1(Sc2ccccn2)CCCC1. The van der Waals surface area contributed by atoms with Crippen LogP contribution in [0.5, 0.6) is 0 Å². The number of carboxylic acid groups (broad SMARTS) is 1. The highest BCUT2D eigenvalue weighted by Crippen LogP contribution is 2.44. The number of nitrogens with zero attached hydrogens (tertiary/aromatic N) is 1. The average molecular weight is 223 g/mol. The molecule has 0 bridgehead atoms. The monoisotopic (exact) mass is 223 g/mol. The second-order valence-corrected chi connectivity index (χ2v) is 5.18. The molecule has 1 aliphatic rings. The molecule has 1 aromatic heterocycles. The van der Waals surface area contributed by atoms with E-state index < -0.39 is 10.7 Å². The van der Waals surface area contributed by atoms with E-state index in [0.29, 0.717) is 0 Å². The lowest BCUT2D eigenvalue weighted by Gasteiger charge is -2.22. The number of aromatic nitrogens is 1. The number of pyridine rings is 1. The molecular weight excluding hydrogens is 210 g/mol. The molecule has 1 fully saturated rings. The van der Waals surface area contributed by atoms with Crippen molar-refractivity contribution in [2.45, 2.75) is 35.5 Å². The van der Waals surface area contributed by atoms with E-state index in [2.05, 4.69) is 4.98 Å². The van der Waals surface area contributed by atoms with Crippen LogP contribution in [0.25, 0.3) is 0 Å². The van der Waals surface area contributed by atoms with Crippen LogP contribution in [0.2, 0.25) is 0 Å². The summed E-state index contributed by atoms with van der Waals surface area (Å²) in [6, 6.07) is 5.60. The zero-order valence-electron chi connectivity index (χ0n) is 8.35. The number of rotatable bonds is 3. The molecule has 2 rings (SSSR count). The molecule has 3 nitrogen and oxygen atoms in total. The summed E-state index contributed by atoms with van der Waals surface area (Å²) in [6.45, 7) is 0. The number of carbonyl (C=O) groups is 1. The van der Waals surface area contributed by atoms with Crippen LogP contribution in [-0.4, -0.2) is 20.8 Å². The van der Waals surface area contributed by atoms with Gasteiger partial charge >= 0.3 is 5.97 Å². The van der Waals surface area contributed by atoms with E-state index in [9.17, 15) is 9.90 Å². The van der Waals surface area contributed by atoms with Crippen LogP contribution < -0.4 is 0 Å². The molecule has 1 N–H and O–H groups in total. The van der Waals surface area contributed by atoms with Gasteiger partial charge in [0.05, 0.1) is 5.03 Å². The largest absolute Gasteiger partial charge is 0.480 e. The highest BCUT2D eigenvalue weighted by molar-refractivity contribution is 8.01. The van der Waals surface area contributed by atoms with Crippen LogP contribution in [0.15, 0.2) is 29.4 Å². The van der Waals surface area contributed by atoms with Gasteiger partial charge in [-0.25, -0.2) is 4.98 Å². The van der Waals surface area contributed by atoms with Crippen molar-refractivity contribution in [2.75, 3.05) is 0 Å². The summed E-state index contributed by atoms with van der Waals surface area (Å²) >= 11 is 1.40. The summed E-state index contributed by atoms with van der Waals surface area (Å²) < 4.78 is -0.631. The minimum atomic E-state index is -0.698. The molecule has 1 aliphatic carbocycles. The van der Waals surface area contributed by atoms with Crippen molar-refractivity contribution in [1.82, 2.24) is 4.98 Å². The Morgan fingerprint density at radius 2 is 2.13 bits per heavy atom. The normalized spacial score (nSPS) is 18.9. The summed E-state index contributed by atoms with van der Waals surface area (Å²) in [4.78, 5) is 15.4. The Kier molecular flexibility index (Phi) is 2.95. The minimum absolute atomic E-state index is 0.631. The van der Waals surface area contributed by atoms with Gasteiger partial charge in [-0.2, -0.15) is 0 Å². The van der Waals surface area contributed by atoms with Gasteiger partial charge in [0.25, 0.3) is 0 Å². The average Bonchev–Trinajstić information content (AvgIpc) is 2.69. The summed E-state index contributed by atoms with van der Waals surface area (Å²) in [7, 11) is 0. The van der Waals surface area contributed by atoms with Gasteiger partial charge in [-0.1, -0.05) is 30.7 Å². The Labute approximate surface area is 92.9 Å². The molecule has 0 spiro atoms. The van der Waals surface area contributed by atoms with Crippen molar-refractivity contribution in [2.24, 2.45) is 0 Å². The zero-order valence-corrected chi connectivity index (χ0v) is 9.17. The van der Waals surface area contributed by atoms with Crippen molar-refractivity contribution in [3.8, 4) is 0 Å². The molecule has 80 valence electrons. The smallest absolute Gasteiger partial charge is 0.320 e. The molecule has 0 radical (unpaired) electrons. The molecule has 0 unspecified atom stereocenters. The highest BCUT2D eigenvalue weighted by atomic mass is 32.2. The molecule has 0 aromatic carbocycles. The second kappa shape index (κ2) is 4.23. The van der Waals surface area contributed by atoms with Crippen LogP contribution >= 0.6 is 11.8 Å². The van der Waals surface area contributed by atoms with Gasteiger partial charge < -0.3 is 5.11 Å². The molecule has 1 aromatic rings. The van der Waals surface area contributed by atoms with Crippen LogP contribution in [-0.2, 0) is 4.79 Å². The van der Waals surface area contributed by atoms with E-state index in [1.165, 1.54) is 11.8 Å². The van der Waals surface area contributed by atoms with Crippen LogP contribution in [0.1, 0.15) is 25.7 Å². The number of aliphatic carboxylic acids is 1. The third-order valence-electron chi connectivity index (χ3n) is 2.74. The number of carboxylic acids is 1. The van der Waals surface area contributed by atoms with Gasteiger partial charge in [0.1, 0.15) is 4.75 Å². The summed E-state index contributed by atoms with van der Waals surface area (Å²) in [6.07, 6.45) is 5.22. The van der Waals surface area contributed by atoms with Gasteiger partial charge in [-0.15, -0.1) is 0 Å². The molecule has 0 amide bonds. The van der Waals surface area contributed by atoms with Gasteiger partial charge in [0, 0.05) is 6.20 Å². The first-order valence-electron chi connectivity index (χ1n) is 5.06. The van der Waals surface area contributed by atoms with E-state index >= 15 is 0 Å². The van der Waals surface area contributed by atoms with E-state index in [-0.39, 0.29) is 0 Å². The minimum Gasteiger partial charge on any atom is -0.480 e. The van der Waals surface area contributed by atoms with E-state index in [1.54, 1.807) is 6.20 Å². The highest BCUT2D eigenvalue weighted by Gasteiger charge is 2.42. The lowest BCUT2D eigenvalue weighted by atomic mass is 10.1. The van der Waals surface area contributed by atoms with Crippen molar-refractivity contribution in [3.63, 3.8) is 0 Å². The maximum atomic E-state index is 11.3. The second-order valence-electron chi connectivity index (χ2n) is 3.78. The Hall–Kier alpha value is -1.03. The van der Waals surface area contributed by atoms with Crippen LogP contribution in [0.4, 0.5) is 0 Å². The number of thioether (sulfide) groups is 1. The first-order chi connectivity index (χ1) is 7.23. The molecule has 0 atom stereocenters. The quantitative estimate of drug-likeness (QED) is 0.855. The predicted octanol–water partition coefficient (Wildman–Crippen LogP) is 2.57. The Balaban J connectivity index is 2.18. The fourth-order valence-corrected chi connectivity index (χ4v) is 3.15.